The van der Waals surface area contributed by atoms with Gasteiger partial charge in [-0.2, -0.15) is 10.1 Å². The number of imidazole rings is 1. The number of thioether (sulfide) groups is 1. The minimum atomic E-state index is -4.76. The van der Waals surface area contributed by atoms with Crippen LogP contribution in [0.2, 0.25) is 0 Å². The van der Waals surface area contributed by atoms with Gasteiger partial charge in [0.2, 0.25) is 5.95 Å². The maximum Gasteiger partial charge on any atom is 0.472 e. The lowest BCUT2D eigenvalue weighted by Gasteiger charge is -2.27. The molecule has 3 fully saturated rings. The number of fused-ring (bicyclic) bond motifs is 5. The number of H-pyrrole nitrogens is 1. The van der Waals surface area contributed by atoms with Crippen LogP contribution in [0.1, 0.15) is 23.6 Å². The van der Waals surface area contributed by atoms with Crippen LogP contribution in [0.15, 0.2) is 17.3 Å². The topological polar surface area (TPSA) is 295 Å². The zero-order valence-electron chi connectivity index (χ0n) is 22.0. The Morgan fingerprint density at radius 1 is 1.14 bits per heavy atom. The number of phosphoric ester groups is 1. The van der Waals surface area contributed by atoms with Crippen LogP contribution in [0.3, 0.4) is 0 Å². The van der Waals surface area contributed by atoms with Gasteiger partial charge >= 0.3 is 14.5 Å². The largest absolute Gasteiger partial charge is 0.472 e. The number of aromatic amines is 1. The molecular formula is C19H23N11O10P2S2. The predicted octanol–water partition coefficient (Wildman–Crippen LogP) is -1.24. The second-order valence-corrected chi connectivity index (χ2v) is 15.5. The van der Waals surface area contributed by atoms with Gasteiger partial charge in [-0.25, -0.2) is 23.7 Å². The lowest BCUT2D eigenvalue weighted by atomic mass is 10.1. The first-order chi connectivity index (χ1) is 20.9. The van der Waals surface area contributed by atoms with Crippen LogP contribution in [0.25, 0.3) is 16.8 Å². The summed E-state index contributed by atoms with van der Waals surface area (Å²) in [5.74, 6) is -0.0805. The monoisotopic (exact) mass is 691 g/mol. The van der Waals surface area contributed by atoms with Crippen LogP contribution >= 0.6 is 26.3 Å². The van der Waals surface area contributed by atoms with Gasteiger partial charge in [-0.15, -0.1) is 16.9 Å². The summed E-state index contributed by atoms with van der Waals surface area (Å²) in [5.41, 5.74) is 11.5. The van der Waals surface area contributed by atoms with Crippen molar-refractivity contribution < 1.29 is 42.3 Å². The minimum absolute atomic E-state index is 0.0366. The molecule has 25 heteroatoms. The Labute approximate surface area is 254 Å². The SMILES string of the molecule is Nc1nc2c(nnn2[C@@H]2S[C@@H]3COP(=O)(O)O[C@H]4C[C@H](c5cnc6c(N)ncnn56)O[C@@H]4COP(O)(=S)O[C@@H]2[C@@H]3O)c(=O)[nH]1. The van der Waals surface area contributed by atoms with E-state index in [1.165, 1.54) is 21.7 Å². The van der Waals surface area contributed by atoms with Crippen molar-refractivity contribution in [2.24, 2.45) is 0 Å². The zero-order valence-corrected chi connectivity index (χ0v) is 25.4. The highest BCUT2D eigenvalue weighted by molar-refractivity contribution is 8.07. The van der Waals surface area contributed by atoms with E-state index in [0.29, 0.717) is 5.69 Å². The summed E-state index contributed by atoms with van der Waals surface area (Å²) in [4.78, 5) is 48.5. The minimum Gasteiger partial charge on any atom is -0.389 e. The van der Waals surface area contributed by atoms with E-state index in [1.54, 1.807) is 0 Å². The zero-order chi connectivity index (χ0) is 31.0. The summed E-state index contributed by atoms with van der Waals surface area (Å²) in [6.45, 7) is -5.08. The molecule has 2 unspecified atom stereocenters. The second-order valence-electron chi connectivity index (χ2n) is 9.92. The van der Waals surface area contributed by atoms with Crippen molar-refractivity contribution >= 4 is 66.7 Å². The molecule has 0 saturated carbocycles. The molecule has 2 bridgehead atoms. The van der Waals surface area contributed by atoms with Crippen molar-refractivity contribution in [2.45, 2.75) is 47.6 Å². The molecule has 44 heavy (non-hydrogen) atoms. The fourth-order valence-corrected chi connectivity index (χ4v) is 9.18. The molecule has 0 spiro atoms. The average Bonchev–Trinajstić information content (AvgIpc) is 3.72. The van der Waals surface area contributed by atoms with Crippen LogP contribution in [0.4, 0.5) is 11.8 Å². The number of ether oxygens (including phenoxy) is 1. The van der Waals surface area contributed by atoms with Gasteiger partial charge in [-0.3, -0.25) is 23.3 Å². The third-order valence-electron chi connectivity index (χ3n) is 7.12. The number of aliphatic hydroxyl groups excluding tert-OH is 1. The van der Waals surface area contributed by atoms with Gasteiger partial charge in [-0.05, 0) is 11.8 Å². The van der Waals surface area contributed by atoms with Gasteiger partial charge < -0.3 is 35.6 Å². The van der Waals surface area contributed by atoms with Crippen molar-refractivity contribution in [1.82, 2.24) is 44.5 Å². The van der Waals surface area contributed by atoms with E-state index in [1.807, 2.05) is 0 Å². The van der Waals surface area contributed by atoms with Crippen LogP contribution in [0.5, 0.6) is 0 Å². The summed E-state index contributed by atoms with van der Waals surface area (Å²) in [5, 5.41) is 21.2. The number of anilines is 2. The second kappa shape index (κ2) is 11.0. The molecule has 3 aliphatic heterocycles. The molecular weight excluding hydrogens is 668 g/mol. The Bertz CT molecular complexity index is 1910. The van der Waals surface area contributed by atoms with E-state index >= 15 is 0 Å². The van der Waals surface area contributed by atoms with Gasteiger partial charge in [-0.1, -0.05) is 5.21 Å². The Kier molecular flexibility index (Phi) is 7.50. The quantitative estimate of drug-likeness (QED) is 0.134. The molecule has 7 rings (SSSR count). The molecule has 3 aliphatic rings. The predicted molar refractivity (Wildman–Crippen MR) is 152 cm³/mol. The number of aliphatic hydroxyl groups is 1. The molecule has 9 atom stereocenters. The standard InChI is InChI=1S/C19H23N11O10P2S2/c20-14-16-22-2-6(29(16)24-5-23-14)7-1-8-9(38-7)3-37-42(35,43)40-13-12(31)10(4-36-41(33,34)39-8)44-18(13)30-15-11(27-28-30)17(32)26-19(21)25-15/h2,5,7-10,12-13,18,31H,1,3-4H2,(H,33,34)(H,35,43)(H2,20,23,24)(H3,21,25,26,32)/t7-,8+,9-,10-,12-,13-,18-,42?/m1/s1. The van der Waals surface area contributed by atoms with Gasteiger partial charge in [0.15, 0.2) is 22.6 Å². The fraction of sp³-hybridized carbons (Fsp3) is 0.526. The third kappa shape index (κ3) is 5.42. The average molecular weight is 692 g/mol. The molecule has 236 valence electrons. The highest BCUT2D eigenvalue weighted by Crippen LogP contribution is 2.56. The Morgan fingerprint density at radius 2 is 1.95 bits per heavy atom. The highest BCUT2D eigenvalue weighted by Gasteiger charge is 2.51. The van der Waals surface area contributed by atoms with Gasteiger partial charge in [0.1, 0.15) is 36.1 Å². The van der Waals surface area contributed by atoms with Crippen molar-refractivity contribution in [3.05, 3.63) is 28.6 Å². The van der Waals surface area contributed by atoms with E-state index in [2.05, 4.69) is 35.3 Å². The first kappa shape index (κ1) is 30.0. The fourth-order valence-electron chi connectivity index (χ4n) is 5.15. The van der Waals surface area contributed by atoms with E-state index in [-0.39, 0.29) is 35.0 Å². The van der Waals surface area contributed by atoms with Crippen LogP contribution in [0, 0.1) is 0 Å². The number of hydrogen-bond acceptors (Lipinski definition) is 18. The molecule has 3 saturated heterocycles. The Morgan fingerprint density at radius 3 is 2.77 bits per heavy atom. The van der Waals surface area contributed by atoms with Crippen LogP contribution in [-0.2, 0) is 39.2 Å². The van der Waals surface area contributed by atoms with Crippen LogP contribution < -0.4 is 17.0 Å². The normalized spacial score (nSPS) is 36.6. The van der Waals surface area contributed by atoms with Crippen LogP contribution in [-0.4, -0.2) is 102 Å². The van der Waals surface area contributed by atoms with Crippen molar-refractivity contribution in [2.75, 3.05) is 24.7 Å². The molecule has 7 heterocycles. The Balaban J connectivity index is 1.19. The number of hydrogen-bond donors (Lipinski definition) is 6. The molecule has 0 aliphatic carbocycles. The van der Waals surface area contributed by atoms with Gasteiger partial charge in [0.05, 0.1) is 36.5 Å². The third-order valence-corrected chi connectivity index (χ3v) is 11.2. The molecule has 0 aromatic carbocycles. The first-order valence-corrected chi connectivity index (χ1v) is 17.8. The number of nitrogens with zero attached hydrogens (tertiary/aromatic N) is 8. The highest BCUT2D eigenvalue weighted by atomic mass is 32.5. The van der Waals surface area contributed by atoms with Crippen molar-refractivity contribution in [3.63, 3.8) is 0 Å². The lowest BCUT2D eigenvalue weighted by Crippen LogP contribution is -2.35. The summed E-state index contributed by atoms with van der Waals surface area (Å²) in [7, 11) is -4.76. The van der Waals surface area contributed by atoms with Gasteiger partial charge in [0, 0.05) is 6.42 Å². The summed E-state index contributed by atoms with van der Waals surface area (Å²) < 4.78 is 44.0. The van der Waals surface area contributed by atoms with Crippen molar-refractivity contribution in [3.8, 4) is 0 Å². The molecule has 21 nitrogen and oxygen atoms in total. The molecule has 0 amide bonds. The lowest BCUT2D eigenvalue weighted by molar-refractivity contribution is -0.0264. The maximum atomic E-state index is 13.1. The first-order valence-electron chi connectivity index (χ1n) is 12.7. The Hall–Kier alpha value is -2.66. The maximum absolute atomic E-state index is 13.1. The molecule has 0 radical (unpaired) electrons. The van der Waals surface area contributed by atoms with Crippen molar-refractivity contribution in [1.29, 1.82) is 0 Å². The summed E-state index contributed by atoms with van der Waals surface area (Å²) in [6.07, 6.45) is -2.89. The number of nitrogen functional groups attached to an aromatic ring is 2. The van der Waals surface area contributed by atoms with E-state index in [0.717, 1.165) is 11.8 Å². The molecule has 4 aromatic heterocycles. The smallest absolute Gasteiger partial charge is 0.389 e. The number of rotatable bonds is 2. The number of nitrogens with two attached hydrogens (primary N) is 2. The summed E-state index contributed by atoms with van der Waals surface area (Å²) >= 11 is 6.26. The van der Waals surface area contributed by atoms with Gasteiger partial charge in [0.25, 0.3) is 5.56 Å². The van der Waals surface area contributed by atoms with E-state index < -0.39 is 74.5 Å². The number of aromatic nitrogens is 9. The molecule has 4 aromatic rings. The van der Waals surface area contributed by atoms with E-state index in [9.17, 15) is 24.3 Å². The molecule has 8 N–H and O–H groups in total. The summed E-state index contributed by atoms with van der Waals surface area (Å²) in [6, 6.07) is 0. The van der Waals surface area contributed by atoms with E-state index in [4.69, 9.17) is 46.1 Å². The number of nitrogens with one attached hydrogen (secondary N) is 1. The number of phosphoric acid groups is 1.